The number of hydrogen-bond acceptors (Lipinski definition) is 2. The molecule has 1 heterocycles. The largest absolute Gasteiger partial charge is 0.349 e. The fourth-order valence-corrected chi connectivity index (χ4v) is 2.59. The van der Waals surface area contributed by atoms with E-state index >= 15 is 0 Å². The minimum Gasteiger partial charge on any atom is -0.349 e. The number of nitrogens with one attached hydrogen (secondary N) is 1. The molecule has 2 rings (SSSR count). The second-order valence-corrected chi connectivity index (χ2v) is 5.00. The van der Waals surface area contributed by atoms with Crippen molar-refractivity contribution in [2.75, 3.05) is 0 Å². The van der Waals surface area contributed by atoms with Gasteiger partial charge in [0, 0.05) is 12.2 Å². The predicted octanol–water partition coefficient (Wildman–Crippen LogP) is 2.92. The summed E-state index contributed by atoms with van der Waals surface area (Å²) >= 11 is 0. The zero-order chi connectivity index (χ0) is 13.0. The average molecular weight is 250 g/mol. The molecule has 1 amide bonds. The highest BCUT2D eigenvalue weighted by atomic mass is 19.1. The van der Waals surface area contributed by atoms with Gasteiger partial charge in [-0.25, -0.2) is 4.98 Å². The zero-order valence-corrected chi connectivity index (χ0v) is 10.7. The third-order valence-corrected chi connectivity index (χ3v) is 3.72. The van der Waals surface area contributed by atoms with Gasteiger partial charge in [-0.15, -0.1) is 0 Å². The maximum atomic E-state index is 13.4. The molecule has 4 heteroatoms. The number of pyridine rings is 1. The van der Waals surface area contributed by atoms with Gasteiger partial charge in [-0.3, -0.25) is 4.79 Å². The van der Waals surface area contributed by atoms with E-state index in [1.165, 1.54) is 31.5 Å². The summed E-state index contributed by atoms with van der Waals surface area (Å²) in [5.41, 5.74) is 0.0279. The quantitative estimate of drug-likeness (QED) is 0.838. The molecule has 1 saturated carbocycles. The van der Waals surface area contributed by atoms with Crippen molar-refractivity contribution in [3.05, 3.63) is 29.8 Å². The van der Waals surface area contributed by atoms with Crippen molar-refractivity contribution in [2.45, 2.75) is 45.1 Å². The van der Waals surface area contributed by atoms with Gasteiger partial charge >= 0.3 is 0 Å². The van der Waals surface area contributed by atoms with Crippen molar-refractivity contribution >= 4 is 5.91 Å². The Labute approximate surface area is 107 Å². The van der Waals surface area contributed by atoms with Crippen LogP contribution in [0.2, 0.25) is 0 Å². The first-order chi connectivity index (χ1) is 8.68. The molecule has 0 spiro atoms. The van der Waals surface area contributed by atoms with Crippen LogP contribution in [0.1, 0.15) is 49.4 Å². The van der Waals surface area contributed by atoms with Crippen molar-refractivity contribution in [1.82, 2.24) is 10.3 Å². The maximum absolute atomic E-state index is 13.4. The molecule has 1 aromatic heterocycles. The van der Waals surface area contributed by atoms with Gasteiger partial charge in [0.15, 0.2) is 0 Å². The Bertz CT molecular complexity index is 416. The van der Waals surface area contributed by atoms with Crippen LogP contribution in [-0.2, 0) is 0 Å². The van der Waals surface area contributed by atoms with E-state index in [-0.39, 0.29) is 17.5 Å². The van der Waals surface area contributed by atoms with E-state index in [1.54, 1.807) is 6.07 Å². The molecule has 18 heavy (non-hydrogen) atoms. The van der Waals surface area contributed by atoms with Crippen molar-refractivity contribution in [3.63, 3.8) is 0 Å². The van der Waals surface area contributed by atoms with Gasteiger partial charge in [0.1, 0.15) is 0 Å². The van der Waals surface area contributed by atoms with Crippen LogP contribution >= 0.6 is 0 Å². The highest BCUT2D eigenvalue weighted by Crippen LogP contribution is 2.26. The van der Waals surface area contributed by atoms with Gasteiger partial charge in [0.05, 0.1) is 5.56 Å². The highest BCUT2D eigenvalue weighted by molar-refractivity contribution is 5.94. The standard InChI is InChI=1S/C14H19FN2O/c1-10(11-6-3-2-4-7-11)17-14(18)12-8-5-9-16-13(12)15/h5,8-11H,2-4,6-7H2,1H3,(H,17,18). The van der Waals surface area contributed by atoms with Gasteiger partial charge < -0.3 is 5.32 Å². The van der Waals surface area contributed by atoms with Crippen molar-refractivity contribution in [1.29, 1.82) is 0 Å². The number of hydrogen-bond donors (Lipinski definition) is 1. The molecule has 1 aliphatic rings. The summed E-state index contributed by atoms with van der Waals surface area (Å²) in [6.07, 6.45) is 7.39. The van der Waals surface area contributed by atoms with Gasteiger partial charge in [0.25, 0.3) is 5.91 Å². The first kappa shape index (κ1) is 13.0. The van der Waals surface area contributed by atoms with Crippen LogP contribution in [0, 0.1) is 11.9 Å². The van der Waals surface area contributed by atoms with Crippen molar-refractivity contribution < 1.29 is 9.18 Å². The number of nitrogens with zero attached hydrogens (tertiary/aromatic N) is 1. The second kappa shape index (κ2) is 5.94. The SMILES string of the molecule is CC(NC(=O)c1cccnc1F)C1CCCCC1. The van der Waals surface area contributed by atoms with Crippen molar-refractivity contribution in [3.8, 4) is 0 Å². The molecule has 0 saturated heterocycles. The second-order valence-electron chi connectivity index (χ2n) is 5.00. The summed E-state index contributed by atoms with van der Waals surface area (Å²) in [6.45, 7) is 2.00. The monoisotopic (exact) mass is 250 g/mol. The summed E-state index contributed by atoms with van der Waals surface area (Å²) in [7, 11) is 0. The van der Waals surface area contributed by atoms with Crippen LogP contribution in [0.4, 0.5) is 4.39 Å². The molecule has 1 N–H and O–H groups in total. The van der Waals surface area contributed by atoms with E-state index in [4.69, 9.17) is 0 Å². The van der Waals surface area contributed by atoms with Crippen LogP contribution in [0.15, 0.2) is 18.3 Å². The Hall–Kier alpha value is -1.45. The highest BCUT2D eigenvalue weighted by Gasteiger charge is 2.22. The predicted molar refractivity (Wildman–Crippen MR) is 67.7 cm³/mol. The topological polar surface area (TPSA) is 42.0 Å². The third kappa shape index (κ3) is 3.06. The maximum Gasteiger partial charge on any atom is 0.256 e. The summed E-state index contributed by atoms with van der Waals surface area (Å²) in [5.74, 6) is -0.549. The summed E-state index contributed by atoms with van der Waals surface area (Å²) < 4.78 is 13.4. The lowest BCUT2D eigenvalue weighted by Crippen LogP contribution is -2.39. The third-order valence-electron chi connectivity index (χ3n) is 3.72. The molecule has 1 aromatic rings. The molecule has 1 unspecified atom stereocenters. The van der Waals surface area contributed by atoms with Crippen LogP contribution in [-0.4, -0.2) is 16.9 Å². The first-order valence-electron chi connectivity index (χ1n) is 6.60. The minimum atomic E-state index is -0.703. The van der Waals surface area contributed by atoms with Crippen molar-refractivity contribution in [2.24, 2.45) is 5.92 Å². The number of rotatable bonds is 3. The molecule has 1 atom stereocenters. The van der Waals surface area contributed by atoms with Crippen LogP contribution in [0.25, 0.3) is 0 Å². The lowest BCUT2D eigenvalue weighted by Gasteiger charge is -2.28. The number of amides is 1. The number of carbonyl (C=O) groups is 1. The van der Waals surface area contributed by atoms with Gasteiger partial charge in [-0.05, 0) is 37.8 Å². The van der Waals surface area contributed by atoms with Gasteiger partial charge in [0.2, 0.25) is 5.95 Å². The molecule has 98 valence electrons. The lowest BCUT2D eigenvalue weighted by atomic mass is 9.84. The molecule has 0 radical (unpaired) electrons. The Morgan fingerprint density at radius 2 is 2.17 bits per heavy atom. The minimum absolute atomic E-state index is 0.0279. The molecule has 1 fully saturated rings. The Kier molecular flexibility index (Phi) is 4.28. The summed E-state index contributed by atoms with van der Waals surface area (Å²) in [6, 6.07) is 3.13. The van der Waals surface area contributed by atoms with E-state index < -0.39 is 5.95 Å². The molecule has 0 aromatic carbocycles. The summed E-state index contributed by atoms with van der Waals surface area (Å²) in [4.78, 5) is 15.4. The average Bonchev–Trinajstić information content (AvgIpc) is 2.40. The Balaban J connectivity index is 1.96. The fourth-order valence-electron chi connectivity index (χ4n) is 2.59. The lowest BCUT2D eigenvalue weighted by molar-refractivity contribution is 0.0914. The normalized spacial score (nSPS) is 18.3. The zero-order valence-electron chi connectivity index (χ0n) is 10.7. The van der Waals surface area contributed by atoms with E-state index in [2.05, 4.69) is 10.3 Å². The van der Waals surface area contributed by atoms with E-state index in [9.17, 15) is 9.18 Å². The smallest absolute Gasteiger partial charge is 0.256 e. The number of carbonyl (C=O) groups excluding carboxylic acids is 1. The first-order valence-corrected chi connectivity index (χ1v) is 6.60. The van der Waals surface area contributed by atoms with E-state index in [0.29, 0.717) is 5.92 Å². The van der Waals surface area contributed by atoms with Gasteiger partial charge in [-0.2, -0.15) is 4.39 Å². The molecule has 0 bridgehead atoms. The molecule has 0 aliphatic heterocycles. The van der Waals surface area contributed by atoms with E-state index in [0.717, 1.165) is 12.8 Å². The fraction of sp³-hybridized carbons (Fsp3) is 0.571. The number of aromatic nitrogens is 1. The molecular formula is C14H19FN2O. The Morgan fingerprint density at radius 3 is 2.83 bits per heavy atom. The summed E-state index contributed by atoms with van der Waals surface area (Å²) in [5, 5.41) is 2.89. The molecule has 1 aliphatic carbocycles. The van der Waals surface area contributed by atoms with Crippen LogP contribution in [0.5, 0.6) is 0 Å². The Morgan fingerprint density at radius 1 is 1.44 bits per heavy atom. The molecule has 3 nitrogen and oxygen atoms in total. The van der Waals surface area contributed by atoms with Gasteiger partial charge in [-0.1, -0.05) is 19.3 Å². The van der Waals surface area contributed by atoms with E-state index in [1.807, 2.05) is 6.92 Å². The van der Waals surface area contributed by atoms with Crippen LogP contribution < -0.4 is 5.32 Å². The molecular weight excluding hydrogens is 231 g/mol. The number of halogens is 1. The van der Waals surface area contributed by atoms with Crippen LogP contribution in [0.3, 0.4) is 0 Å².